The van der Waals surface area contributed by atoms with Crippen LogP contribution in [0.2, 0.25) is 0 Å². The van der Waals surface area contributed by atoms with E-state index in [0.29, 0.717) is 19.4 Å². The van der Waals surface area contributed by atoms with Gasteiger partial charge in [-0.25, -0.2) is 4.79 Å². The molecule has 1 aromatic carbocycles. The highest BCUT2D eigenvalue weighted by molar-refractivity contribution is 7.99. The maximum Gasteiger partial charge on any atom is 0.315 e. The van der Waals surface area contributed by atoms with Crippen molar-refractivity contribution in [2.45, 2.75) is 50.7 Å². The number of aliphatic hydroxyl groups is 1. The van der Waals surface area contributed by atoms with Crippen LogP contribution in [0.3, 0.4) is 0 Å². The molecule has 0 fully saturated rings. The summed E-state index contributed by atoms with van der Waals surface area (Å²) in [6.07, 6.45) is 0.953. The highest BCUT2D eigenvalue weighted by Crippen LogP contribution is 2.20. The summed E-state index contributed by atoms with van der Waals surface area (Å²) in [6, 6.07) is 8.02. The van der Waals surface area contributed by atoms with Crippen LogP contribution in [0.1, 0.15) is 45.2 Å². The van der Waals surface area contributed by atoms with Gasteiger partial charge in [0.15, 0.2) is 0 Å². The van der Waals surface area contributed by atoms with Crippen molar-refractivity contribution < 1.29 is 9.90 Å². The Kier molecular flexibility index (Phi) is 8.23. The highest BCUT2D eigenvalue weighted by Gasteiger charge is 2.09. The van der Waals surface area contributed by atoms with Crippen molar-refractivity contribution in [2.75, 3.05) is 12.3 Å². The van der Waals surface area contributed by atoms with E-state index < -0.39 is 0 Å². The van der Waals surface area contributed by atoms with E-state index in [-0.39, 0.29) is 18.2 Å². The van der Waals surface area contributed by atoms with Gasteiger partial charge in [-0.05, 0) is 43.2 Å². The van der Waals surface area contributed by atoms with Crippen LogP contribution < -0.4 is 10.6 Å². The normalized spacial score (nSPS) is 13.5. The molecule has 1 aromatic rings. The number of hydrogen-bond donors (Lipinski definition) is 3. The Bertz CT molecular complexity index is 423. The molecule has 0 aliphatic rings. The molecular weight excluding hydrogens is 284 g/mol. The average Bonchev–Trinajstić information content (AvgIpc) is 2.48. The molecule has 0 radical (unpaired) electrons. The first-order valence-corrected chi connectivity index (χ1v) is 8.50. The third kappa shape index (κ3) is 6.87. The average molecular weight is 310 g/mol. The van der Waals surface area contributed by atoms with Crippen LogP contribution in [0.15, 0.2) is 29.2 Å². The number of amides is 2. The molecule has 0 heterocycles. The largest absolute Gasteiger partial charge is 0.393 e. The predicted molar refractivity (Wildman–Crippen MR) is 88.7 cm³/mol. The van der Waals surface area contributed by atoms with Crippen LogP contribution in [-0.4, -0.2) is 29.5 Å². The van der Waals surface area contributed by atoms with Crippen molar-refractivity contribution in [1.29, 1.82) is 0 Å². The van der Waals surface area contributed by atoms with E-state index in [1.165, 1.54) is 4.90 Å². The fourth-order valence-electron chi connectivity index (χ4n) is 1.91. The summed E-state index contributed by atoms with van der Waals surface area (Å²) in [4.78, 5) is 13.0. The zero-order valence-corrected chi connectivity index (χ0v) is 13.9. The lowest BCUT2D eigenvalue weighted by molar-refractivity contribution is 0.160. The van der Waals surface area contributed by atoms with Crippen LogP contribution in [0.25, 0.3) is 0 Å². The summed E-state index contributed by atoms with van der Waals surface area (Å²) in [6.45, 7) is 6.50. The maximum atomic E-state index is 11.8. The standard InChI is InChI=1S/C16H26N2O2S/c1-4-14(19)10-11-17-16(20)18-12(3)13-6-8-15(9-7-13)21-5-2/h6-9,12,14,19H,4-5,10-11H2,1-3H3,(H2,17,18,20). The minimum atomic E-state index is -0.341. The lowest BCUT2D eigenvalue weighted by atomic mass is 10.1. The second-order valence-electron chi connectivity index (χ2n) is 4.97. The Labute approximate surface area is 131 Å². The zero-order chi connectivity index (χ0) is 15.7. The van der Waals surface area contributed by atoms with Gasteiger partial charge in [-0.1, -0.05) is 26.0 Å². The molecule has 5 heteroatoms. The number of benzene rings is 1. The van der Waals surface area contributed by atoms with Gasteiger partial charge in [-0.15, -0.1) is 11.8 Å². The van der Waals surface area contributed by atoms with Crippen LogP contribution in [0.5, 0.6) is 0 Å². The molecule has 0 aromatic heterocycles. The van der Waals surface area contributed by atoms with Crippen LogP contribution in [-0.2, 0) is 0 Å². The molecule has 0 spiro atoms. The molecule has 2 amide bonds. The van der Waals surface area contributed by atoms with Gasteiger partial charge in [0.05, 0.1) is 12.1 Å². The summed E-state index contributed by atoms with van der Waals surface area (Å²) in [5, 5.41) is 15.1. The Hall–Kier alpha value is -1.20. The molecule has 3 N–H and O–H groups in total. The van der Waals surface area contributed by atoms with Crippen LogP contribution >= 0.6 is 11.8 Å². The number of carbonyl (C=O) groups excluding carboxylic acids is 1. The van der Waals surface area contributed by atoms with Crippen molar-refractivity contribution in [3.05, 3.63) is 29.8 Å². The van der Waals surface area contributed by atoms with E-state index in [1.54, 1.807) is 11.8 Å². The first kappa shape index (κ1) is 17.9. The molecule has 2 unspecified atom stereocenters. The van der Waals surface area contributed by atoms with Gasteiger partial charge >= 0.3 is 6.03 Å². The molecule has 118 valence electrons. The molecule has 0 aliphatic heterocycles. The second kappa shape index (κ2) is 9.68. The maximum absolute atomic E-state index is 11.8. The van der Waals surface area contributed by atoms with E-state index in [4.69, 9.17) is 0 Å². The summed E-state index contributed by atoms with van der Waals surface area (Å²) in [5.74, 6) is 1.05. The SMILES string of the molecule is CCSc1ccc(C(C)NC(=O)NCCC(O)CC)cc1. The minimum absolute atomic E-state index is 0.0400. The smallest absolute Gasteiger partial charge is 0.315 e. The van der Waals surface area contributed by atoms with E-state index in [2.05, 4.69) is 29.7 Å². The fraction of sp³-hybridized carbons (Fsp3) is 0.562. The van der Waals surface area contributed by atoms with Crippen LogP contribution in [0.4, 0.5) is 4.79 Å². The van der Waals surface area contributed by atoms with Gasteiger partial charge in [0, 0.05) is 11.4 Å². The predicted octanol–water partition coefficient (Wildman–Crippen LogP) is 3.32. The molecule has 21 heavy (non-hydrogen) atoms. The zero-order valence-electron chi connectivity index (χ0n) is 13.1. The number of carbonyl (C=O) groups is 1. The lowest BCUT2D eigenvalue weighted by Crippen LogP contribution is -2.38. The number of hydrogen-bond acceptors (Lipinski definition) is 3. The van der Waals surface area contributed by atoms with E-state index in [1.807, 2.05) is 26.0 Å². The Morgan fingerprint density at radius 1 is 1.29 bits per heavy atom. The van der Waals surface area contributed by atoms with Crippen molar-refractivity contribution >= 4 is 17.8 Å². The Balaban J connectivity index is 2.37. The topological polar surface area (TPSA) is 61.4 Å². The summed E-state index contributed by atoms with van der Waals surface area (Å²) in [5.41, 5.74) is 1.08. The van der Waals surface area contributed by atoms with Gasteiger partial charge in [0.1, 0.15) is 0 Å². The molecule has 0 aliphatic carbocycles. The first-order valence-electron chi connectivity index (χ1n) is 7.52. The van der Waals surface area contributed by atoms with Crippen molar-refractivity contribution in [1.82, 2.24) is 10.6 Å². The van der Waals surface area contributed by atoms with Crippen molar-refractivity contribution in [2.24, 2.45) is 0 Å². The minimum Gasteiger partial charge on any atom is -0.393 e. The first-order chi connectivity index (χ1) is 10.1. The molecule has 1 rings (SSSR count). The second-order valence-corrected chi connectivity index (χ2v) is 6.31. The van der Waals surface area contributed by atoms with Crippen molar-refractivity contribution in [3.8, 4) is 0 Å². The van der Waals surface area contributed by atoms with Crippen molar-refractivity contribution in [3.63, 3.8) is 0 Å². The Morgan fingerprint density at radius 2 is 1.95 bits per heavy atom. The molecule has 0 saturated carbocycles. The summed E-state index contributed by atoms with van der Waals surface area (Å²) < 4.78 is 0. The molecule has 2 atom stereocenters. The summed E-state index contributed by atoms with van der Waals surface area (Å²) in [7, 11) is 0. The van der Waals surface area contributed by atoms with Gasteiger partial charge in [0.2, 0.25) is 0 Å². The fourth-order valence-corrected chi connectivity index (χ4v) is 2.57. The molecular formula is C16H26N2O2S. The summed E-state index contributed by atoms with van der Waals surface area (Å²) >= 11 is 1.80. The number of nitrogens with one attached hydrogen (secondary N) is 2. The molecule has 0 bridgehead atoms. The number of aliphatic hydroxyl groups excluding tert-OH is 1. The van der Waals surface area contributed by atoms with E-state index >= 15 is 0 Å². The quantitative estimate of drug-likeness (QED) is 0.646. The highest BCUT2D eigenvalue weighted by atomic mass is 32.2. The molecule has 0 saturated heterocycles. The third-order valence-electron chi connectivity index (χ3n) is 3.27. The monoisotopic (exact) mass is 310 g/mol. The number of rotatable bonds is 8. The van der Waals surface area contributed by atoms with E-state index in [0.717, 1.165) is 11.3 Å². The Morgan fingerprint density at radius 3 is 2.52 bits per heavy atom. The molecule has 4 nitrogen and oxygen atoms in total. The van der Waals surface area contributed by atoms with Gasteiger partial charge in [0.25, 0.3) is 0 Å². The van der Waals surface area contributed by atoms with Crippen LogP contribution in [0, 0.1) is 0 Å². The van der Waals surface area contributed by atoms with Gasteiger partial charge in [-0.3, -0.25) is 0 Å². The van der Waals surface area contributed by atoms with Gasteiger partial charge in [-0.2, -0.15) is 0 Å². The lowest BCUT2D eigenvalue weighted by Gasteiger charge is -2.16. The number of thioether (sulfide) groups is 1. The third-order valence-corrected chi connectivity index (χ3v) is 4.17. The number of urea groups is 1. The van der Waals surface area contributed by atoms with E-state index in [9.17, 15) is 9.90 Å². The van der Waals surface area contributed by atoms with Gasteiger partial charge < -0.3 is 15.7 Å².